The molecule has 1 aliphatic rings. The lowest BCUT2D eigenvalue weighted by molar-refractivity contribution is -0.270. The predicted molar refractivity (Wildman–Crippen MR) is 127 cm³/mol. The van der Waals surface area contributed by atoms with E-state index in [-0.39, 0.29) is 19.4 Å². The quantitative estimate of drug-likeness (QED) is 0.110. The van der Waals surface area contributed by atoms with Crippen LogP contribution in [-0.2, 0) is 38.6 Å². The number of nitrogens with two attached hydrogens (primary N) is 2. The van der Waals surface area contributed by atoms with Crippen LogP contribution in [0.15, 0.2) is 0 Å². The second-order valence-electron chi connectivity index (χ2n) is 9.21. The Morgan fingerprint density at radius 1 is 1.13 bits per heavy atom. The number of amides is 4. The number of nitrogens with zero attached hydrogens (tertiary/aromatic N) is 1. The Morgan fingerprint density at radius 2 is 1.74 bits per heavy atom. The third-order valence-corrected chi connectivity index (χ3v) is 5.94. The average Bonchev–Trinajstić information content (AvgIpc) is 2.82. The van der Waals surface area contributed by atoms with Gasteiger partial charge in [-0.1, -0.05) is 0 Å². The lowest BCUT2D eigenvalue weighted by atomic mass is 9.96. The van der Waals surface area contributed by atoms with Gasteiger partial charge >= 0.3 is 5.97 Å². The highest BCUT2D eigenvalue weighted by atomic mass is 16.6. The highest BCUT2D eigenvalue weighted by molar-refractivity contribution is 5.89. The molecule has 0 bridgehead atoms. The number of carboxylic acid groups (broad SMARTS) is 1. The van der Waals surface area contributed by atoms with Gasteiger partial charge < -0.3 is 51.8 Å². The van der Waals surface area contributed by atoms with Crippen molar-refractivity contribution in [3.05, 3.63) is 0 Å². The van der Waals surface area contributed by atoms with E-state index < -0.39 is 91.1 Å². The van der Waals surface area contributed by atoms with Crippen LogP contribution in [0.2, 0.25) is 0 Å². The Kier molecular flexibility index (Phi) is 13.0. The summed E-state index contributed by atoms with van der Waals surface area (Å²) in [5.41, 5.74) is 10.8. The Hall–Kier alpha value is -2.89. The minimum atomic E-state index is -1.67. The molecule has 217 valence electrons. The van der Waals surface area contributed by atoms with Crippen LogP contribution in [-0.4, -0.2) is 118 Å². The molecule has 1 fully saturated rings. The fourth-order valence-corrected chi connectivity index (χ4v) is 3.82. The number of ether oxygens (including phenoxy) is 2. The van der Waals surface area contributed by atoms with Gasteiger partial charge in [0.25, 0.3) is 0 Å². The first-order chi connectivity index (χ1) is 17.6. The first-order valence-electron chi connectivity index (χ1n) is 12.0. The van der Waals surface area contributed by atoms with E-state index in [0.717, 1.165) is 11.8 Å². The van der Waals surface area contributed by atoms with Crippen molar-refractivity contribution in [3.8, 4) is 0 Å². The fourth-order valence-electron chi connectivity index (χ4n) is 3.82. The molecule has 16 nitrogen and oxygen atoms in total. The summed E-state index contributed by atoms with van der Waals surface area (Å²) in [6.07, 6.45) is -7.48. The monoisotopic (exact) mass is 548 g/mol. The van der Waals surface area contributed by atoms with Gasteiger partial charge in [0.2, 0.25) is 23.6 Å². The van der Waals surface area contributed by atoms with Crippen molar-refractivity contribution in [3.63, 3.8) is 0 Å². The van der Waals surface area contributed by atoms with Gasteiger partial charge in [-0.25, -0.2) is 9.90 Å². The minimum Gasteiger partial charge on any atom is -0.480 e. The first-order valence-corrected chi connectivity index (χ1v) is 12.0. The highest BCUT2D eigenvalue weighted by Gasteiger charge is 2.46. The number of aliphatic hydroxyl groups is 2. The Bertz CT molecular complexity index is 858. The van der Waals surface area contributed by atoms with Gasteiger partial charge in [0, 0.05) is 19.9 Å². The van der Waals surface area contributed by atoms with Crippen molar-refractivity contribution in [2.24, 2.45) is 11.5 Å². The van der Waals surface area contributed by atoms with Crippen LogP contribution < -0.4 is 22.1 Å². The predicted octanol–water partition coefficient (Wildman–Crippen LogP) is -3.83. The van der Waals surface area contributed by atoms with Crippen LogP contribution >= 0.6 is 0 Å². The van der Waals surface area contributed by atoms with Crippen LogP contribution in [0.1, 0.15) is 40.5 Å². The number of rotatable bonds is 14. The Balaban J connectivity index is 3.04. The van der Waals surface area contributed by atoms with Crippen molar-refractivity contribution in [2.45, 2.75) is 95.4 Å². The molecule has 0 saturated carbocycles. The summed E-state index contributed by atoms with van der Waals surface area (Å²) in [6, 6.07) is -4.77. The molecule has 9 atom stereocenters. The van der Waals surface area contributed by atoms with Gasteiger partial charge in [0.1, 0.15) is 43.0 Å². The number of carbonyl (C=O) groups excluding carboxylic acids is 4. The molecule has 0 spiro atoms. The lowest BCUT2D eigenvalue weighted by Gasteiger charge is -2.43. The molecule has 1 saturated heterocycles. The van der Waals surface area contributed by atoms with Crippen LogP contribution in [0.25, 0.3) is 0 Å². The van der Waals surface area contributed by atoms with E-state index in [4.69, 9.17) is 20.9 Å². The van der Waals surface area contributed by atoms with Crippen molar-refractivity contribution in [1.29, 1.82) is 0 Å². The zero-order valence-corrected chi connectivity index (χ0v) is 21.7. The topological polar surface area (TPSA) is 264 Å². The Morgan fingerprint density at radius 3 is 2.21 bits per heavy atom. The number of aliphatic carboxylic acids is 1. The molecule has 1 rings (SSSR count). The van der Waals surface area contributed by atoms with E-state index in [1.54, 1.807) is 0 Å². The highest BCUT2D eigenvalue weighted by Crippen LogP contribution is 2.24. The lowest BCUT2D eigenvalue weighted by Crippen LogP contribution is -2.65. The molecule has 0 aromatic heterocycles. The summed E-state index contributed by atoms with van der Waals surface area (Å²) in [5, 5.41) is 46.4. The second kappa shape index (κ2) is 14.9. The summed E-state index contributed by atoms with van der Waals surface area (Å²) in [5.74, 6) is -4.21. The SMILES string of the molecule is CC(=O)N[C@@H]1[C@@H](OC(C)CN(C(=O)CC[C@@H](NC(=O)[C@H](C)N)C(N)=O)[C@@H](C)C(=O)O)[C@H](O)[C@@H](C[O])O[C@@H]1O. The normalized spacial score (nSPS) is 26.4. The molecule has 9 N–H and O–H groups in total. The van der Waals surface area contributed by atoms with E-state index >= 15 is 0 Å². The molecule has 1 aliphatic heterocycles. The largest absolute Gasteiger partial charge is 0.480 e. The summed E-state index contributed by atoms with van der Waals surface area (Å²) < 4.78 is 10.9. The van der Waals surface area contributed by atoms with Crippen molar-refractivity contribution >= 4 is 29.6 Å². The zero-order valence-electron chi connectivity index (χ0n) is 21.7. The van der Waals surface area contributed by atoms with Crippen LogP contribution in [0.4, 0.5) is 0 Å². The van der Waals surface area contributed by atoms with Crippen molar-refractivity contribution in [2.75, 3.05) is 13.2 Å². The maximum atomic E-state index is 13.0. The van der Waals surface area contributed by atoms with E-state index in [2.05, 4.69) is 10.6 Å². The van der Waals surface area contributed by atoms with Crippen LogP contribution in [0, 0.1) is 0 Å². The number of hydrogen-bond donors (Lipinski definition) is 7. The molecular formula is C22H38N5O11. The number of nitrogens with one attached hydrogen (secondary N) is 2. The van der Waals surface area contributed by atoms with Crippen LogP contribution in [0.3, 0.4) is 0 Å². The molecule has 1 unspecified atom stereocenters. The van der Waals surface area contributed by atoms with Gasteiger partial charge in [0.05, 0.1) is 12.1 Å². The smallest absolute Gasteiger partial charge is 0.326 e. The zero-order chi connectivity index (χ0) is 29.3. The molecule has 4 amide bonds. The number of hydrogen-bond acceptors (Lipinski definition) is 10. The third kappa shape index (κ3) is 9.45. The molecule has 0 aliphatic carbocycles. The molecule has 0 aromatic rings. The Labute approximate surface area is 219 Å². The number of aliphatic hydroxyl groups excluding tert-OH is 2. The van der Waals surface area contributed by atoms with Crippen molar-refractivity contribution < 1.29 is 53.9 Å². The second-order valence-corrected chi connectivity index (χ2v) is 9.21. The summed E-state index contributed by atoms with van der Waals surface area (Å²) in [4.78, 5) is 60.8. The van der Waals surface area contributed by atoms with Crippen LogP contribution in [0.5, 0.6) is 0 Å². The maximum absolute atomic E-state index is 13.0. The van der Waals surface area contributed by atoms with Gasteiger partial charge in [-0.05, 0) is 27.2 Å². The molecule has 1 heterocycles. The summed E-state index contributed by atoms with van der Waals surface area (Å²) in [6.45, 7) is 4.01. The van der Waals surface area contributed by atoms with E-state index in [9.17, 15) is 44.4 Å². The van der Waals surface area contributed by atoms with E-state index in [1.807, 2.05) is 0 Å². The first kappa shape index (κ1) is 33.1. The molecule has 1 radical (unpaired) electrons. The molecule has 0 aromatic carbocycles. The molecule has 16 heteroatoms. The standard InChI is InChI=1S/C22H38N5O11/c1-9(37-18-16(25-12(4)29)22(36)38-14(8-28)17(18)31)7-27(11(3)21(34)35)15(30)6-5-13(19(24)32)26-20(33)10(2)23/h9-11,13-14,16-18,22,31,36H,5-8,23H2,1-4H3,(H2,24,32)(H,25,29)(H,26,33)(H,34,35)/t9?,10-,11-,13+,14+,16+,17+,18+,22-/m0/s1. The number of carbonyl (C=O) groups is 5. The summed E-state index contributed by atoms with van der Waals surface area (Å²) in [7, 11) is 0. The number of primary amides is 1. The number of carboxylic acids is 1. The molecular weight excluding hydrogens is 510 g/mol. The van der Waals surface area contributed by atoms with E-state index in [0.29, 0.717) is 0 Å². The fraction of sp³-hybridized carbons (Fsp3) is 0.773. The maximum Gasteiger partial charge on any atom is 0.326 e. The summed E-state index contributed by atoms with van der Waals surface area (Å²) >= 11 is 0. The molecule has 38 heavy (non-hydrogen) atoms. The van der Waals surface area contributed by atoms with Gasteiger partial charge in [-0.15, -0.1) is 0 Å². The van der Waals surface area contributed by atoms with Gasteiger partial charge in [-0.2, -0.15) is 0 Å². The van der Waals surface area contributed by atoms with Crippen molar-refractivity contribution in [1.82, 2.24) is 15.5 Å². The average molecular weight is 549 g/mol. The third-order valence-electron chi connectivity index (χ3n) is 5.94. The van der Waals surface area contributed by atoms with Gasteiger partial charge in [0.15, 0.2) is 6.29 Å². The van der Waals surface area contributed by atoms with Gasteiger partial charge in [-0.3, -0.25) is 19.2 Å². The minimum absolute atomic E-state index is 0.231. The van der Waals surface area contributed by atoms with E-state index in [1.165, 1.54) is 20.8 Å².